The van der Waals surface area contributed by atoms with Crippen molar-refractivity contribution in [1.29, 1.82) is 0 Å². The van der Waals surface area contributed by atoms with Crippen LogP contribution in [0.15, 0.2) is 77.7 Å². The Morgan fingerprint density at radius 3 is 2.05 bits per heavy atom. The second-order valence-corrected chi connectivity index (χ2v) is 11.3. The van der Waals surface area contributed by atoms with Crippen LogP contribution < -0.4 is 9.62 Å². The van der Waals surface area contributed by atoms with Gasteiger partial charge < -0.3 is 10.2 Å². The normalized spacial score (nSPS) is 12.0. The van der Waals surface area contributed by atoms with Crippen LogP contribution in [-0.2, 0) is 26.2 Å². The number of rotatable bonds is 11. The maximum Gasteiger partial charge on any atom is 0.264 e. The van der Waals surface area contributed by atoms with Crippen molar-refractivity contribution in [1.82, 2.24) is 10.2 Å². The monoisotopic (exact) mass is 535 g/mol. The summed E-state index contributed by atoms with van der Waals surface area (Å²) in [6, 6.07) is 20.5. The first-order valence-corrected chi connectivity index (χ1v) is 14.3. The molecular weight excluding hydrogens is 498 g/mol. The lowest BCUT2D eigenvalue weighted by Gasteiger charge is -2.33. The number of carbonyl (C=O) groups excluding carboxylic acids is 2. The number of hydrogen-bond acceptors (Lipinski definition) is 4. The number of hydrogen-bond donors (Lipinski definition) is 1. The van der Waals surface area contributed by atoms with Gasteiger partial charge in [-0.05, 0) is 80.6 Å². The zero-order chi connectivity index (χ0) is 27.9. The summed E-state index contributed by atoms with van der Waals surface area (Å²) in [4.78, 5) is 28.7. The van der Waals surface area contributed by atoms with E-state index in [0.29, 0.717) is 18.7 Å². The summed E-state index contributed by atoms with van der Waals surface area (Å²) in [5.41, 5.74) is 4.05. The Balaban J connectivity index is 2.09. The number of amides is 2. The molecule has 38 heavy (non-hydrogen) atoms. The van der Waals surface area contributed by atoms with Crippen LogP contribution in [0.4, 0.5) is 5.69 Å². The Kier molecular flexibility index (Phi) is 9.69. The van der Waals surface area contributed by atoms with E-state index in [-0.39, 0.29) is 17.3 Å². The average molecular weight is 536 g/mol. The third kappa shape index (κ3) is 6.81. The summed E-state index contributed by atoms with van der Waals surface area (Å²) in [5.74, 6) is -0.717. The van der Waals surface area contributed by atoms with Gasteiger partial charge in [-0.2, -0.15) is 0 Å². The van der Waals surface area contributed by atoms with Gasteiger partial charge in [-0.3, -0.25) is 13.9 Å². The molecule has 0 bridgehead atoms. The summed E-state index contributed by atoms with van der Waals surface area (Å²) in [6.45, 7) is 9.57. The van der Waals surface area contributed by atoms with Crippen LogP contribution in [0.25, 0.3) is 0 Å². The number of carbonyl (C=O) groups is 2. The van der Waals surface area contributed by atoms with E-state index in [4.69, 9.17) is 0 Å². The third-order valence-corrected chi connectivity index (χ3v) is 8.23. The van der Waals surface area contributed by atoms with E-state index >= 15 is 0 Å². The van der Waals surface area contributed by atoms with Gasteiger partial charge in [-0.1, -0.05) is 55.5 Å². The van der Waals surface area contributed by atoms with E-state index in [1.807, 2.05) is 65.0 Å². The third-order valence-electron chi connectivity index (χ3n) is 6.44. The maximum absolute atomic E-state index is 14.0. The van der Waals surface area contributed by atoms with Gasteiger partial charge in [-0.15, -0.1) is 0 Å². The lowest BCUT2D eigenvalue weighted by Crippen LogP contribution is -2.52. The van der Waals surface area contributed by atoms with Crippen LogP contribution in [0.3, 0.4) is 0 Å². The largest absolute Gasteiger partial charge is 0.355 e. The summed E-state index contributed by atoms with van der Waals surface area (Å²) >= 11 is 0. The standard InChI is InChI=1S/C30H37N3O4S/c1-6-28(30(35)31-7-2)32(20-25-14-12-11-13-24(25)5)29(34)21-33(26-18-22(3)17-23(4)19-26)38(36,37)27-15-9-8-10-16-27/h8-19,28H,6-7,20-21H2,1-5H3,(H,31,35)/t28-/m1/s1. The number of nitrogens with one attached hydrogen (secondary N) is 1. The quantitative estimate of drug-likeness (QED) is 0.384. The summed E-state index contributed by atoms with van der Waals surface area (Å²) in [7, 11) is -4.07. The zero-order valence-electron chi connectivity index (χ0n) is 22.8. The number of nitrogens with zero attached hydrogens (tertiary/aromatic N) is 2. The van der Waals surface area contributed by atoms with Crippen molar-refractivity contribution < 1.29 is 18.0 Å². The molecule has 202 valence electrons. The fourth-order valence-electron chi connectivity index (χ4n) is 4.53. The first-order valence-electron chi connectivity index (χ1n) is 12.9. The number of anilines is 1. The van der Waals surface area contributed by atoms with Crippen molar-refractivity contribution in [3.8, 4) is 0 Å². The molecule has 0 aliphatic rings. The highest BCUT2D eigenvalue weighted by Gasteiger charge is 2.33. The first-order chi connectivity index (χ1) is 18.1. The number of benzene rings is 3. The molecule has 2 amide bonds. The molecule has 0 unspecified atom stereocenters. The van der Waals surface area contributed by atoms with Crippen molar-refractivity contribution in [3.63, 3.8) is 0 Å². The van der Waals surface area contributed by atoms with E-state index in [1.54, 1.807) is 30.3 Å². The van der Waals surface area contributed by atoms with E-state index in [1.165, 1.54) is 17.0 Å². The molecule has 0 saturated heterocycles. The Labute approximate surface area is 226 Å². The molecule has 0 radical (unpaired) electrons. The fraction of sp³-hybridized carbons (Fsp3) is 0.333. The van der Waals surface area contributed by atoms with Crippen LogP contribution >= 0.6 is 0 Å². The summed E-state index contributed by atoms with van der Waals surface area (Å²) in [5, 5.41) is 2.82. The molecule has 3 rings (SSSR count). The zero-order valence-corrected chi connectivity index (χ0v) is 23.6. The number of aryl methyl sites for hydroxylation is 3. The molecule has 0 aliphatic heterocycles. The van der Waals surface area contributed by atoms with Crippen LogP contribution in [-0.4, -0.2) is 44.3 Å². The minimum atomic E-state index is -4.07. The molecule has 1 N–H and O–H groups in total. The highest BCUT2D eigenvalue weighted by molar-refractivity contribution is 7.92. The average Bonchev–Trinajstić information content (AvgIpc) is 2.88. The summed E-state index contributed by atoms with van der Waals surface area (Å²) < 4.78 is 28.9. The molecule has 0 spiro atoms. The SMILES string of the molecule is CCNC(=O)[C@@H](CC)N(Cc1ccccc1C)C(=O)CN(c1cc(C)cc(C)c1)S(=O)(=O)c1ccccc1. The first kappa shape index (κ1) is 28.9. The molecule has 3 aromatic rings. The molecule has 3 aromatic carbocycles. The molecule has 0 aromatic heterocycles. The lowest BCUT2D eigenvalue weighted by molar-refractivity contribution is -0.140. The number of sulfonamides is 1. The van der Waals surface area contributed by atoms with Crippen LogP contribution in [0.5, 0.6) is 0 Å². The van der Waals surface area contributed by atoms with Crippen molar-refractivity contribution in [2.24, 2.45) is 0 Å². The second-order valence-electron chi connectivity index (χ2n) is 9.44. The van der Waals surface area contributed by atoms with Crippen molar-refractivity contribution >= 4 is 27.5 Å². The minimum Gasteiger partial charge on any atom is -0.355 e. The highest BCUT2D eigenvalue weighted by atomic mass is 32.2. The highest BCUT2D eigenvalue weighted by Crippen LogP contribution is 2.27. The van der Waals surface area contributed by atoms with Gasteiger partial charge >= 0.3 is 0 Å². The van der Waals surface area contributed by atoms with E-state index < -0.39 is 28.5 Å². The Bertz CT molecular complexity index is 1350. The second kappa shape index (κ2) is 12.7. The van der Waals surface area contributed by atoms with E-state index in [9.17, 15) is 18.0 Å². The predicted molar refractivity (Wildman–Crippen MR) is 151 cm³/mol. The molecule has 0 fully saturated rings. The van der Waals surface area contributed by atoms with Gasteiger partial charge in [0.25, 0.3) is 10.0 Å². The van der Waals surface area contributed by atoms with E-state index in [2.05, 4.69) is 5.32 Å². The summed E-state index contributed by atoms with van der Waals surface area (Å²) in [6.07, 6.45) is 0.387. The Morgan fingerprint density at radius 1 is 0.868 bits per heavy atom. The Morgan fingerprint density at radius 2 is 1.47 bits per heavy atom. The molecular formula is C30H37N3O4S. The molecule has 8 heteroatoms. The fourth-order valence-corrected chi connectivity index (χ4v) is 5.94. The van der Waals surface area contributed by atoms with Gasteiger partial charge in [0.1, 0.15) is 12.6 Å². The number of likely N-dealkylation sites (N-methyl/N-ethyl adjacent to an activating group) is 1. The topological polar surface area (TPSA) is 86.8 Å². The lowest BCUT2D eigenvalue weighted by atomic mass is 10.1. The van der Waals surface area contributed by atoms with Gasteiger partial charge in [0.15, 0.2) is 0 Å². The van der Waals surface area contributed by atoms with Crippen LogP contribution in [0.1, 0.15) is 42.5 Å². The molecule has 7 nitrogen and oxygen atoms in total. The van der Waals surface area contributed by atoms with Crippen molar-refractivity contribution in [2.45, 2.75) is 58.5 Å². The van der Waals surface area contributed by atoms with Gasteiger partial charge in [-0.25, -0.2) is 8.42 Å². The molecule has 1 atom stereocenters. The van der Waals surface area contributed by atoms with Gasteiger partial charge in [0.05, 0.1) is 10.6 Å². The smallest absolute Gasteiger partial charge is 0.264 e. The van der Waals surface area contributed by atoms with Gasteiger partial charge in [0, 0.05) is 13.1 Å². The maximum atomic E-state index is 14.0. The van der Waals surface area contributed by atoms with Crippen molar-refractivity contribution in [2.75, 3.05) is 17.4 Å². The van der Waals surface area contributed by atoms with Gasteiger partial charge in [0.2, 0.25) is 11.8 Å². The van der Waals surface area contributed by atoms with Crippen LogP contribution in [0.2, 0.25) is 0 Å². The minimum absolute atomic E-state index is 0.0909. The predicted octanol–water partition coefficient (Wildman–Crippen LogP) is 4.75. The molecule has 0 heterocycles. The Hall–Kier alpha value is -3.65. The molecule has 0 saturated carbocycles. The van der Waals surface area contributed by atoms with Crippen LogP contribution in [0, 0.1) is 20.8 Å². The van der Waals surface area contributed by atoms with Crippen molar-refractivity contribution in [3.05, 3.63) is 95.1 Å². The molecule has 0 aliphatic carbocycles. The van der Waals surface area contributed by atoms with E-state index in [0.717, 1.165) is 26.6 Å².